The summed E-state index contributed by atoms with van der Waals surface area (Å²) in [7, 11) is 39.4. The monoisotopic (exact) mass is 400 g/mol. The minimum absolute atomic E-state index is 0.324. The average molecular weight is 399 g/mol. The molecule has 1 aliphatic heterocycles. The van der Waals surface area contributed by atoms with E-state index >= 15 is 0 Å². The fraction of sp³-hybridized carbons (Fsp3) is 0.556. The number of hydrogen-bond donors (Lipinski definition) is 2. The molecule has 14 radical (unpaired) electrons. The van der Waals surface area contributed by atoms with Crippen molar-refractivity contribution in [1.29, 1.82) is 0 Å². The third-order valence-corrected chi connectivity index (χ3v) is 5.47. The summed E-state index contributed by atoms with van der Waals surface area (Å²) in [6, 6.07) is 3.38. The minimum atomic E-state index is -2.36. The number of aromatic nitrogens is 2. The van der Waals surface area contributed by atoms with E-state index in [1.807, 2.05) is 17.8 Å². The standard InChI is InChI=1S/C18H19B7N4O2/c1-10-12(15(30)27-16(19,20)17(21,22)31-18(23,24)25)2-3-14-13(10)9-29(28-14)8-11-4-6-26-7-5-11/h2-3,9,11,26H,4-8H2,1H3,(H,27,30). The molecule has 3 rings (SSSR count). The number of benzene rings is 1. The lowest BCUT2D eigenvalue weighted by atomic mass is 9.38. The molecule has 1 fully saturated rings. The fourth-order valence-corrected chi connectivity index (χ4v) is 3.68. The van der Waals surface area contributed by atoms with Gasteiger partial charge in [0.05, 0.1) is 44.7 Å². The smallest absolute Gasteiger partial charge is 0.250 e. The largest absolute Gasteiger partial charge is 0.415 e. The molecule has 6 nitrogen and oxygen atoms in total. The number of carbonyl (C=O) groups excluding carboxylic acids is 1. The number of carbonyl (C=O) groups is 1. The van der Waals surface area contributed by atoms with Crippen molar-refractivity contribution in [2.75, 3.05) is 13.1 Å². The Balaban J connectivity index is 1.80. The van der Waals surface area contributed by atoms with Crippen molar-refractivity contribution in [3.05, 3.63) is 29.5 Å². The highest BCUT2D eigenvalue weighted by Gasteiger charge is 2.39. The van der Waals surface area contributed by atoms with Crippen LogP contribution in [0.5, 0.6) is 0 Å². The number of aryl methyl sites for hydroxylation is 1. The molecule has 2 N–H and O–H groups in total. The Morgan fingerprint density at radius 2 is 1.84 bits per heavy atom. The number of rotatable bonds is 7. The van der Waals surface area contributed by atoms with Gasteiger partial charge in [-0.3, -0.25) is 9.48 Å². The lowest BCUT2D eigenvalue weighted by Crippen LogP contribution is -2.70. The summed E-state index contributed by atoms with van der Waals surface area (Å²) in [4.78, 5) is 12.9. The number of piperidine rings is 1. The van der Waals surface area contributed by atoms with E-state index in [4.69, 9.17) is 59.7 Å². The highest BCUT2D eigenvalue weighted by molar-refractivity contribution is 6.60. The van der Waals surface area contributed by atoms with Crippen LogP contribution in [0.4, 0.5) is 0 Å². The van der Waals surface area contributed by atoms with E-state index in [2.05, 4.69) is 15.7 Å². The van der Waals surface area contributed by atoms with Crippen molar-refractivity contribution in [2.24, 2.45) is 5.92 Å². The van der Waals surface area contributed by atoms with Crippen LogP contribution in [0.3, 0.4) is 0 Å². The zero-order valence-electron chi connectivity index (χ0n) is 17.6. The van der Waals surface area contributed by atoms with Crippen molar-refractivity contribution < 1.29 is 9.53 Å². The molecule has 0 atom stereocenters. The first-order chi connectivity index (χ1) is 14.3. The first-order valence-electron chi connectivity index (χ1n) is 10.0. The molecule has 31 heavy (non-hydrogen) atoms. The molecular formula is C18H19B7N4O2. The summed E-state index contributed by atoms with van der Waals surface area (Å²) in [6.45, 7) is 4.66. The molecule has 0 saturated carbocycles. The molecule has 0 bridgehead atoms. The number of nitrogens with one attached hydrogen (secondary N) is 2. The SMILES string of the molecule is [B]C([B])([B])OC([B])([B])C([B])([B])NC(=O)c1ccc2nn(CC3CCNCC3)cc2c1C. The Bertz CT molecular complexity index is 952. The van der Waals surface area contributed by atoms with Gasteiger partial charge in [-0.05, 0) is 72.5 Å². The van der Waals surface area contributed by atoms with Crippen molar-refractivity contribution in [3.63, 3.8) is 0 Å². The van der Waals surface area contributed by atoms with Crippen LogP contribution < -0.4 is 10.6 Å². The molecule has 2 aromatic rings. The minimum Gasteiger partial charge on any atom is -0.415 e. The van der Waals surface area contributed by atoms with Gasteiger partial charge in [0.2, 0.25) is 0 Å². The van der Waals surface area contributed by atoms with Crippen LogP contribution in [-0.2, 0) is 11.3 Å². The van der Waals surface area contributed by atoms with Gasteiger partial charge in [-0.1, -0.05) is 0 Å². The van der Waals surface area contributed by atoms with Gasteiger partial charge in [0.1, 0.15) is 15.7 Å². The van der Waals surface area contributed by atoms with Gasteiger partial charge in [-0.2, -0.15) is 5.10 Å². The van der Waals surface area contributed by atoms with E-state index in [9.17, 15) is 4.79 Å². The van der Waals surface area contributed by atoms with Crippen LogP contribution in [0.1, 0.15) is 28.8 Å². The highest BCUT2D eigenvalue weighted by atomic mass is 16.5. The zero-order valence-corrected chi connectivity index (χ0v) is 17.6. The van der Waals surface area contributed by atoms with Gasteiger partial charge in [-0.15, -0.1) is 0 Å². The van der Waals surface area contributed by atoms with E-state index < -0.39 is 21.9 Å². The first-order valence-corrected chi connectivity index (χ1v) is 10.0. The molecule has 1 aromatic carbocycles. The fourth-order valence-electron chi connectivity index (χ4n) is 3.68. The first kappa shape index (κ1) is 24.2. The van der Waals surface area contributed by atoms with Gasteiger partial charge in [0.15, 0.2) is 0 Å². The van der Waals surface area contributed by atoms with Gasteiger partial charge in [0, 0.05) is 23.7 Å². The number of nitrogens with zero attached hydrogens (tertiary/aromatic N) is 2. The Morgan fingerprint density at radius 3 is 2.45 bits per heavy atom. The molecule has 1 aromatic heterocycles. The van der Waals surface area contributed by atoms with Gasteiger partial charge in [0.25, 0.3) is 5.91 Å². The summed E-state index contributed by atoms with van der Waals surface area (Å²) in [5.74, 6) is -0.0493. The molecule has 1 saturated heterocycles. The van der Waals surface area contributed by atoms with Gasteiger partial charge < -0.3 is 15.4 Å². The zero-order chi connectivity index (χ0) is 23.0. The van der Waals surface area contributed by atoms with Crippen molar-refractivity contribution in [1.82, 2.24) is 20.4 Å². The maximum Gasteiger partial charge on any atom is 0.250 e. The summed E-state index contributed by atoms with van der Waals surface area (Å²) in [6.07, 6.45) is 4.15. The number of hydrogen-bond acceptors (Lipinski definition) is 4. The van der Waals surface area contributed by atoms with Crippen LogP contribution in [-0.4, -0.2) is 99.7 Å². The second kappa shape index (κ2) is 8.82. The molecular weight excluding hydrogens is 380 g/mol. The lowest BCUT2D eigenvalue weighted by molar-refractivity contribution is 0.0480. The third-order valence-electron chi connectivity index (χ3n) is 5.47. The maximum atomic E-state index is 12.9. The van der Waals surface area contributed by atoms with Crippen LogP contribution in [0.2, 0.25) is 0 Å². The average Bonchev–Trinajstić information content (AvgIpc) is 3.03. The molecule has 2 heterocycles. The summed E-state index contributed by atoms with van der Waals surface area (Å²) in [5, 5.41) is 4.37. The predicted octanol–water partition coefficient (Wildman–Crippen LogP) is -1.81. The highest BCUT2D eigenvalue weighted by Crippen LogP contribution is 2.24. The van der Waals surface area contributed by atoms with Gasteiger partial charge in [-0.25, -0.2) is 0 Å². The van der Waals surface area contributed by atoms with E-state index in [1.165, 1.54) is 0 Å². The lowest BCUT2D eigenvalue weighted by Gasteiger charge is -2.49. The Kier molecular flexibility index (Phi) is 6.88. The normalized spacial score (nSPS) is 16.4. The van der Waals surface area contributed by atoms with Crippen molar-refractivity contribution >= 4 is 71.7 Å². The van der Waals surface area contributed by atoms with E-state index in [0.717, 1.165) is 43.4 Å². The van der Waals surface area contributed by atoms with E-state index in [-0.39, 0.29) is 0 Å². The number of fused-ring (bicyclic) bond motifs is 1. The van der Waals surface area contributed by atoms with E-state index in [1.54, 1.807) is 12.1 Å². The number of ether oxygens (including phenoxy) is 1. The molecule has 0 aliphatic carbocycles. The second-order valence-electron chi connectivity index (χ2n) is 8.29. The molecule has 0 spiro atoms. The Hall–Kier alpha value is -1.47. The molecule has 1 amide bonds. The van der Waals surface area contributed by atoms with Crippen LogP contribution in [0, 0.1) is 12.8 Å². The summed E-state index contributed by atoms with van der Waals surface area (Å²) in [5.41, 5.74) is 1.81. The predicted molar refractivity (Wildman–Crippen MR) is 127 cm³/mol. The Labute approximate surface area is 192 Å². The number of amides is 1. The Morgan fingerprint density at radius 1 is 1.19 bits per heavy atom. The third kappa shape index (κ3) is 5.67. The topological polar surface area (TPSA) is 68.2 Å². The molecule has 144 valence electrons. The van der Waals surface area contributed by atoms with Crippen molar-refractivity contribution in [2.45, 2.75) is 42.3 Å². The molecule has 1 aliphatic rings. The maximum absolute atomic E-state index is 12.9. The molecule has 13 heteroatoms. The van der Waals surface area contributed by atoms with E-state index in [0.29, 0.717) is 17.0 Å². The summed E-state index contributed by atoms with van der Waals surface area (Å²) < 4.78 is 6.83. The van der Waals surface area contributed by atoms with Crippen LogP contribution in [0.15, 0.2) is 18.3 Å². The van der Waals surface area contributed by atoms with Crippen molar-refractivity contribution in [3.8, 4) is 0 Å². The quantitative estimate of drug-likeness (QED) is 0.539. The summed E-state index contributed by atoms with van der Waals surface area (Å²) >= 11 is 0. The van der Waals surface area contributed by atoms with Gasteiger partial charge >= 0.3 is 0 Å². The molecule has 0 unspecified atom stereocenters. The second-order valence-corrected chi connectivity index (χ2v) is 8.29. The van der Waals surface area contributed by atoms with Crippen LogP contribution >= 0.6 is 0 Å². The van der Waals surface area contributed by atoms with Crippen LogP contribution in [0.25, 0.3) is 10.9 Å².